The third kappa shape index (κ3) is 5.19. The Bertz CT molecular complexity index is 926. The molecule has 0 unspecified atom stereocenters. The number of nitriles is 1. The Morgan fingerprint density at radius 1 is 1.15 bits per heavy atom. The van der Waals surface area contributed by atoms with Gasteiger partial charge in [-0.3, -0.25) is 9.59 Å². The minimum atomic E-state index is -5.02. The van der Waals surface area contributed by atoms with Crippen LogP contribution in [0.25, 0.3) is 6.08 Å². The third-order valence-corrected chi connectivity index (χ3v) is 3.43. The van der Waals surface area contributed by atoms with Gasteiger partial charge in [-0.2, -0.15) is 18.4 Å². The topological polar surface area (TPSA) is 79.2 Å². The number of hydrogen-bond donors (Lipinski definition) is 1. The van der Waals surface area contributed by atoms with Gasteiger partial charge in [0.05, 0.1) is 7.11 Å². The SMILES string of the molecule is COc1ccc(C(=O)/C(C#N)=C/c2cccc(NC(=O)C(F)(F)F)c2)cc1. The van der Waals surface area contributed by atoms with Crippen molar-refractivity contribution in [3.05, 3.63) is 65.2 Å². The molecular weight excluding hydrogens is 361 g/mol. The van der Waals surface area contributed by atoms with Gasteiger partial charge >= 0.3 is 12.1 Å². The van der Waals surface area contributed by atoms with Crippen LogP contribution in [0.4, 0.5) is 18.9 Å². The number of anilines is 1. The summed E-state index contributed by atoms with van der Waals surface area (Å²) in [6, 6.07) is 13.3. The second-order valence-corrected chi connectivity index (χ2v) is 5.30. The minimum Gasteiger partial charge on any atom is -0.497 e. The van der Waals surface area contributed by atoms with Crippen LogP contribution in [0.2, 0.25) is 0 Å². The lowest BCUT2D eigenvalue weighted by molar-refractivity contribution is -0.167. The molecule has 1 amide bonds. The molecule has 2 aromatic carbocycles. The highest BCUT2D eigenvalue weighted by molar-refractivity contribution is 6.14. The van der Waals surface area contributed by atoms with Crippen LogP contribution in [0.3, 0.4) is 0 Å². The second-order valence-electron chi connectivity index (χ2n) is 5.30. The number of nitrogens with one attached hydrogen (secondary N) is 1. The Hall–Kier alpha value is -3.60. The van der Waals surface area contributed by atoms with Crippen LogP contribution in [-0.4, -0.2) is 25.0 Å². The van der Waals surface area contributed by atoms with E-state index < -0.39 is 17.9 Å². The fourth-order valence-corrected chi connectivity index (χ4v) is 2.12. The molecule has 0 radical (unpaired) electrons. The maximum Gasteiger partial charge on any atom is 0.471 e. The zero-order chi connectivity index (χ0) is 20.0. The van der Waals surface area contributed by atoms with Crippen LogP contribution in [0.5, 0.6) is 5.75 Å². The Kier molecular flexibility index (Phi) is 5.98. The number of carbonyl (C=O) groups is 2. The standard InChI is InChI=1S/C19H13F3N2O3/c1-27-16-7-5-13(6-8-16)17(25)14(11-23)9-12-3-2-4-15(10-12)24-18(26)19(20,21)22/h2-10H,1H3,(H,24,26)/b14-9+. The van der Waals surface area contributed by atoms with Crippen molar-refractivity contribution < 1.29 is 27.5 Å². The van der Waals surface area contributed by atoms with Crippen molar-refractivity contribution in [3.8, 4) is 11.8 Å². The zero-order valence-electron chi connectivity index (χ0n) is 14.0. The first-order valence-corrected chi connectivity index (χ1v) is 7.53. The maximum atomic E-state index is 12.4. The predicted octanol–water partition coefficient (Wildman–Crippen LogP) is 3.99. The summed E-state index contributed by atoms with van der Waals surface area (Å²) in [6.07, 6.45) is -3.79. The molecule has 27 heavy (non-hydrogen) atoms. The Balaban J connectivity index is 2.26. The van der Waals surface area contributed by atoms with E-state index in [0.29, 0.717) is 5.75 Å². The lowest BCUT2D eigenvalue weighted by atomic mass is 10.0. The quantitative estimate of drug-likeness (QED) is 0.488. The Labute approximate surface area is 152 Å². The molecule has 1 N–H and O–H groups in total. The number of allylic oxidation sites excluding steroid dienone is 1. The molecule has 0 heterocycles. The van der Waals surface area contributed by atoms with E-state index in [1.54, 1.807) is 23.5 Å². The number of hydrogen-bond acceptors (Lipinski definition) is 4. The van der Waals surface area contributed by atoms with Crippen LogP contribution in [0.1, 0.15) is 15.9 Å². The number of alkyl halides is 3. The number of amides is 1. The van der Waals surface area contributed by atoms with Crippen LogP contribution in [0.15, 0.2) is 54.1 Å². The Morgan fingerprint density at radius 3 is 2.37 bits per heavy atom. The van der Waals surface area contributed by atoms with Crippen LogP contribution < -0.4 is 10.1 Å². The van der Waals surface area contributed by atoms with Gasteiger partial charge in [0.15, 0.2) is 0 Å². The van der Waals surface area contributed by atoms with Crippen molar-refractivity contribution in [2.75, 3.05) is 12.4 Å². The van der Waals surface area contributed by atoms with Crippen molar-refractivity contribution in [1.82, 2.24) is 0 Å². The highest BCUT2D eigenvalue weighted by atomic mass is 19.4. The largest absolute Gasteiger partial charge is 0.497 e. The molecule has 0 fully saturated rings. The number of methoxy groups -OCH3 is 1. The van der Waals surface area contributed by atoms with Crippen molar-refractivity contribution in [1.29, 1.82) is 5.26 Å². The van der Waals surface area contributed by atoms with Crippen LogP contribution >= 0.6 is 0 Å². The summed E-state index contributed by atoms with van der Waals surface area (Å²) >= 11 is 0. The van der Waals surface area contributed by atoms with Gasteiger partial charge in [0.1, 0.15) is 17.4 Å². The number of carbonyl (C=O) groups excluding carboxylic acids is 2. The molecule has 138 valence electrons. The fraction of sp³-hybridized carbons (Fsp3) is 0.105. The van der Waals surface area contributed by atoms with E-state index in [4.69, 9.17) is 4.74 Å². The van der Waals surface area contributed by atoms with Crippen molar-refractivity contribution in [2.45, 2.75) is 6.18 Å². The van der Waals surface area contributed by atoms with Gasteiger partial charge in [0.25, 0.3) is 0 Å². The summed E-state index contributed by atoms with van der Waals surface area (Å²) in [5.74, 6) is -2.12. The lowest BCUT2D eigenvalue weighted by Crippen LogP contribution is -2.29. The third-order valence-electron chi connectivity index (χ3n) is 3.43. The molecule has 0 spiro atoms. The maximum absolute atomic E-state index is 12.4. The Morgan fingerprint density at radius 2 is 1.81 bits per heavy atom. The first-order valence-electron chi connectivity index (χ1n) is 7.53. The van der Waals surface area contributed by atoms with Gasteiger partial charge in [0, 0.05) is 11.3 Å². The van der Waals surface area contributed by atoms with Crippen molar-refractivity contribution in [2.24, 2.45) is 0 Å². The first-order chi connectivity index (χ1) is 12.7. The molecule has 0 saturated carbocycles. The van der Waals surface area contributed by atoms with Crippen LogP contribution in [0, 0.1) is 11.3 Å². The molecule has 0 bridgehead atoms. The molecule has 0 atom stereocenters. The summed E-state index contributed by atoms with van der Waals surface area (Å²) in [5, 5.41) is 11.0. The van der Waals surface area contributed by atoms with Gasteiger partial charge in [0.2, 0.25) is 5.78 Å². The van der Waals surface area contributed by atoms with Gasteiger partial charge in [-0.05, 0) is 48.0 Å². The van der Waals surface area contributed by atoms with Crippen molar-refractivity contribution in [3.63, 3.8) is 0 Å². The summed E-state index contributed by atoms with van der Waals surface area (Å²) in [6.45, 7) is 0. The number of halogens is 3. The van der Waals surface area contributed by atoms with Crippen molar-refractivity contribution >= 4 is 23.5 Å². The monoisotopic (exact) mass is 374 g/mol. The summed E-state index contributed by atoms with van der Waals surface area (Å²) in [7, 11) is 1.47. The zero-order valence-corrected chi connectivity index (χ0v) is 14.0. The van der Waals surface area contributed by atoms with E-state index in [9.17, 15) is 28.0 Å². The summed E-state index contributed by atoms with van der Waals surface area (Å²) < 4.78 is 42.0. The molecule has 0 aliphatic heterocycles. The first kappa shape index (κ1) is 19.7. The average molecular weight is 374 g/mol. The molecule has 0 aliphatic carbocycles. The van der Waals surface area contributed by atoms with Gasteiger partial charge in [-0.15, -0.1) is 0 Å². The molecular formula is C19H13F3N2O3. The molecule has 0 aliphatic rings. The van der Waals surface area contributed by atoms with E-state index >= 15 is 0 Å². The van der Waals surface area contributed by atoms with E-state index in [1.165, 1.54) is 49.6 Å². The van der Waals surface area contributed by atoms with E-state index in [1.807, 2.05) is 0 Å². The molecule has 2 rings (SSSR count). The molecule has 5 nitrogen and oxygen atoms in total. The minimum absolute atomic E-state index is 0.111. The van der Waals surface area contributed by atoms with Gasteiger partial charge < -0.3 is 10.1 Å². The highest BCUT2D eigenvalue weighted by Crippen LogP contribution is 2.21. The molecule has 0 saturated heterocycles. The predicted molar refractivity (Wildman–Crippen MR) is 92.0 cm³/mol. The second kappa shape index (κ2) is 8.19. The summed E-state index contributed by atoms with van der Waals surface area (Å²) in [4.78, 5) is 23.4. The molecule has 8 heteroatoms. The van der Waals surface area contributed by atoms with Crippen LogP contribution in [-0.2, 0) is 4.79 Å². The number of nitrogens with zero attached hydrogens (tertiary/aromatic N) is 1. The normalized spacial score (nSPS) is 11.4. The number of ether oxygens (including phenoxy) is 1. The highest BCUT2D eigenvalue weighted by Gasteiger charge is 2.38. The smallest absolute Gasteiger partial charge is 0.471 e. The average Bonchev–Trinajstić information content (AvgIpc) is 2.65. The van der Waals surface area contributed by atoms with E-state index in [2.05, 4.69) is 0 Å². The van der Waals surface area contributed by atoms with Gasteiger partial charge in [-0.25, -0.2) is 0 Å². The number of benzene rings is 2. The summed E-state index contributed by atoms with van der Waals surface area (Å²) in [5.41, 5.74) is 0.221. The number of Topliss-reactive ketones (excluding diaryl/α,β-unsaturated/α-hetero) is 1. The number of rotatable bonds is 5. The molecule has 2 aromatic rings. The number of ketones is 1. The fourth-order valence-electron chi connectivity index (χ4n) is 2.12. The lowest BCUT2D eigenvalue weighted by Gasteiger charge is -2.08. The van der Waals surface area contributed by atoms with E-state index in [-0.39, 0.29) is 22.4 Å². The molecule has 0 aromatic heterocycles. The van der Waals surface area contributed by atoms with Gasteiger partial charge in [-0.1, -0.05) is 12.1 Å². The van der Waals surface area contributed by atoms with E-state index in [0.717, 1.165) is 0 Å².